The lowest BCUT2D eigenvalue weighted by Gasteiger charge is -2.09. The van der Waals surface area contributed by atoms with Crippen LogP contribution in [0.25, 0.3) is 0 Å². The molecule has 2 heteroatoms. The van der Waals surface area contributed by atoms with E-state index in [9.17, 15) is 5.11 Å². The molecule has 0 aliphatic rings. The number of benzene rings is 1. The second-order valence-electron chi connectivity index (χ2n) is 3.92. The molecule has 0 saturated carbocycles. The van der Waals surface area contributed by atoms with E-state index < -0.39 is 0 Å². The van der Waals surface area contributed by atoms with Crippen LogP contribution in [0.3, 0.4) is 0 Å². The first-order chi connectivity index (χ1) is 7.33. The summed E-state index contributed by atoms with van der Waals surface area (Å²) in [5, 5.41) is 12.8. The van der Waals surface area contributed by atoms with Crippen LogP contribution in [0.5, 0.6) is 0 Å². The van der Waals surface area contributed by atoms with Crippen molar-refractivity contribution in [1.29, 1.82) is 0 Å². The Morgan fingerprint density at radius 1 is 1.20 bits per heavy atom. The fourth-order valence-electron chi connectivity index (χ4n) is 1.64. The summed E-state index contributed by atoms with van der Waals surface area (Å²) in [4.78, 5) is 0. The van der Waals surface area contributed by atoms with Gasteiger partial charge in [-0.2, -0.15) is 0 Å². The van der Waals surface area contributed by atoms with Crippen molar-refractivity contribution >= 4 is 0 Å². The van der Waals surface area contributed by atoms with E-state index >= 15 is 0 Å². The molecule has 0 aliphatic carbocycles. The molecule has 0 amide bonds. The Morgan fingerprint density at radius 3 is 2.60 bits per heavy atom. The van der Waals surface area contributed by atoms with Crippen LogP contribution in [0.1, 0.15) is 24.8 Å². The minimum Gasteiger partial charge on any atom is -0.393 e. The maximum atomic E-state index is 9.71. The standard InChI is InChI=1S/C13H21NO/c1-14-11-5-8-13(15)10-9-12-6-3-2-4-7-12/h2-4,6-7,13-15H,5,8-11H2,1H3. The molecule has 0 spiro atoms. The molecule has 2 nitrogen and oxygen atoms in total. The summed E-state index contributed by atoms with van der Waals surface area (Å²) in [6, 6.07) is 10.3. The molecule has 0 aromatic heterocycles. The minimum absolute atomic E-state index is 0.154. The highest BCUT2D eigenvalue weighted by atomic mass is 16.3. The zero-order chi connectivity index (χ0) is 10.9. The quantitative estimate of drug-likeness (QED) is 0.670. The van der Waals surface area contributed by atoms with Crippen LogP contribution in [0.15, 0.2) is 30.3 Å². The normalized spacial score (nSPS) is 12.7. The number of hydrogen-bond acceptors (Lipinski definition) is 2. The molecule has 1 aromatic carbocycles. The predicted molar refractivity (Wildman–Crippen MR) is 63.9 cm³/mol. The van der Waals surface area contributed by atoms with Crippen LogP contribution < -0.4 is 5.32 Å². The second kappa shape index (κ2) is 7.43. The molecular weight excluding hydrogens is 186 g/mol. The number of hydrogen-bond donors (Lipinski definition) is 2. The Hall–Kier alpha value is -0.860. The molecule has 15 heavy (non-hydrogen) atoms. The minimum atomic E-state index is -0.154. The predicted octanol–water partition coefficient (Wildman–Crippen LogP) is 1.98. The van der Waals surface area contributed by atoms with E-state index in [-0.39, 0.29) is 6.10 Å². The number of aliphatic hydroxyl groups excluding tert-OH is 1. The molecule has 2 N–H and O–H groups in total. The smallest absolute Gasteiger partial charge is 0.0543 e. The van der Waals surface area contributed by atoms with Gasteiger partial charge >= 0.3 is 0 Å². The third-order valence-electron chi connectivity index (χ3n) is 2.57. The van der Waals surface area contributed by atoms with Crippen molar-refractivity contribution in [2.75, 3.05) is 13.6 Å². The van der Waals surface area contributed by atoms with E-state index in [2.05, 4.69) is 17.4 Å². The Balaban J connectivity index is 2.14. The Labute approximate surface area is 92.3 Å². The van der Waals surface area contributed by atoms with Crippen molar-refractivity contribution in [2.24, 2.45) is 0 Å². The molecule has 1 unspecified atom stereocenters. The van der Waals surface area contributed by atoms with Gasteiger partial charge in [0.1, 0.15) is 0 Å². The summed E-state index contributed by atoms with van der Waals surface area (Å²) in [5.41, 5.74) is 1.31. The summed E-state index contributed by atoms with van der Waals surface area (Å²) in [7, 11) is 1.94. The van der Waals surface area contributed by atoms with Crippen molar-refractivity contribution in [3.8, 4) is 0 Å². The van der Waals surface area contributed by atoms with E-state index in [1.165, 1.54) is 5.56 Å². The van der Waals surface area contributed by atoms with Crippen molar-refractivity contribution in [1.82, 2.24) is 5.32 Å². The van der Waals surface area contributed by atoms with E-state index in [4.69, 9.17) is 0 Å². The Morgan fingerprint density at radius 2 is 1.93 bits per heavy atom. The summed E-state index contributed by atoms with van der Waals surface area (Å²) < 4.78 is 0. The van der Waals surface area contributed by atoms with Crippen LogP contribution in [-0.4, -0.2) is 24.8 Å². The lowest BCUT2D eigenvalue weighted by molar-refractivity contribution is 0.152. The van der Waals surface area contributed by atoms with Crippen LogP contribution >= 0.6 is 0 Å². The van der Waals surface area contributed by atoms with Gasteiger partial charge in [-0.25, -0.2) is 0 Å². The molecule has 0 radical (unpaired) electrons. The van der Waals surface area contributed by atoms with E-state index in [0.29, 0.717) is 0 Å². The SMILES string of the molecule is CNCCCC(O)CCc1ccccc1. The van der Waals surface area contributed by atoms with Gasteiger partial charge in [-0.3, -0.25) is 0 Å². The van der Waals surface area contributed by atoms with Gasteiger partial charge in [-0.15, -0.1) is 0 Å². The van der Waals surface area contributed by atoms with Gasteiger partial charge in [0.05, 0.1) is 6.10 Å². The van der Waals surface area contributed by atoms with Gasteiger partial charge in [0.25, 0.3) is 0 Å². The summed E-state index contributed by atoms with van der Waals surface area (Å²) in [6.07, 6.45) is 3.63. The van der Waals surface area contributed by atoms with Gasteiger partial charge in [0.15, 0.2) is 0 Å². The molecule has 1 atom stereocenters. The summed E-state index contributed by atoms with van der Waals surface area (Å²) in [6.45, 7) is 0.988. The van der Waals surface area contributed by atoms with E-state index in [1.807, 2.05) is 25.2 Å². The monoisotopic (exact) mass is 207 g/mol. The van der Waals surface area contributed by atoms with E-state index in [1.54, 1.807) is 0 Å². The average molecular weight is 207 g/mol. The Kier molecular flexibility index (Phi) is 6.05. The fourth-order valence-corrected chi connectivity index (χ4v) is 1.64. The molecule has 84 valence electrons. The van der Waals surface area contributed by atoms with Crippen molar-refractivity contribution in [2.45, 2.75) is 31.8 Å². The van der Waals surface area contributed by atoms with Gasteiger partial charge < -0.3 is 10.4 Å². The highest BCUT2D eigenvalue weighted by Crippen LogP contribution is 2.08. The molecule has 1 rings (SSSR count). The van der Waals surface area contributed by atoms with Crippen LogP contribution in [0.2, 0.25) is 0 Å². The maximum absolute atomic E-state index is 9.71. The van der Waals surface area contributed by atoms with Crippen LogP contribution in [0, 0.1) is 0 Å². The van der Waals surface area contributed by atoms with Crippen molar-refractivity contribution in [3.05, 3.63) is 35.9 Å². The first kappa shape index (κ1) is 12.2. The topological polar surface area (TPSA) is 32.3 Å². The number of rotatable bonds is 7. The van der Waals surface area contributed by atoms with Crippen molar-refractivity contribution in [3.63, 3.8) is 0 Å². The van der Waals surface area contributed by atoms with Gasteiger partial charge in [0, 0.05) is 0 Å². The molecule has 0 saturated heterocycles. The number of aryl methyl sites for hydroxylation is 1. The first-order valence-corrected chi connectivity index (χ1v) is 5.69. The largest absolute Gasteiger partial charge is 0.393 e. The van der Waals surface area contributed by atoms with Gasteiger partial charge in [-0.05, 0) is 44.8 Å². The molecular formula is C13H21NO. The molecule has 0 fully saturated rings. The number of nitrogens with one attached hydrogen (secondary N) is 1. The van der Waals surface area contributed by atoms with Gasteiger partial charge in [-0.1, -0.05) is 30.3 Å². The Bertz CT molecular complexity index is 248. The first-order valence-electron chi connectivity index (χ1n) is 5.69. The average Bonchev–Trinajstić information content (AvgIpc) is 2.28. The summed E-state index contributed by atoms with van der Waals surface area (Å²) in [5.74, 6) is 0. The summed E-state index contributed by atoms with van der Waals surface area (Å²) >= 11 is 0. The zero-order valence-corrected chi connectivity index (χ0v) is 9.45. The van der Waals surface area contributed by atoms with Crippen LogP contribution in [-0.2, 0) is 6.42 Å². The van der Waals surface area contributed by atoms with Crippen LogP contribution in [0.4, 0.5) is 0 Å². The zero-order valence-electron chi connectivity index (χ0n) is 9.45. The van der Waals surface area contributed by atoms with Crippen molar-refractivity contribution < 1.29 is 5.11 Å². The highest BCUT2D eigenvalue weighted by Gasteiger charge is 2.03. The lowest BCUT2D eigenvalue weighted by Crippen LogP contribution is -2.13. The fraction of sp³-hybridized carbons (Fsp3) is 0.538. The molecule has 0 aliphatic heterocycles. The highest BCUT2D eigenvalue weighted by molar-refractivity contribution is 5.14. The number of aliphatic hydroxyl groups is 1. The maximum Gasteiger partial charge on any atom is 0.0543 e. The molecule has 1 aromatic rings. The molecule has 0 heterocycles. The van der Waals surface area contributed by atoms with Gasteiger partial charge in [0.2, 0.25) is 0 Å². The second-order valence-corrected chi connectivity index (χ2v) is 3.92. The van der Waals surface area contributed by atoms with E-state index in [0.717, 1.165) is 32.2 Å². The lowest BCUT2D eigenvalue weighted by atomic mass is 10.0. The third kappa shape index (κ3) is 5.55. The molecule has 0 bridgehead atoms. The third-order valence-corrected chi connectivity index (χ3v) is 2.57.